The first-order valence-corrected chi connectivity index (χ1v) is 13.8. The number of rotatable bonds is 4. The van der Waals surface area contributed by atoms with Gasteiger partial charge in [0.25, 0.3) is 11.8 Å². The monoisotopic (exact) mass is 552 g/mol. The zero-order valence-electron chi connectivity index (χ0n) is 19.1. The molecule has 5 rings (SSSR count). The minimum Gasteiger partial charge on any atom is -0.457 e. The highest BCUT2D eigenvalue weighted by atomic mass is 35.5. The maximum Gasteiger partial charge on any atom is 0.272 e. The van der Waals surface area contributed by atoms with Gasteiger partial charge in [0.05, 0.1) is 33.2 Å². The Labute approximate surface area is 223 Å². The largest absolute Gasteiger partial charge is 0.457 e. The zero-order chi connectivity index (χ0) is 26.3. The second kappa shape index (κ2) is 9.67. The van der Waals surface area contributed by atoms with Crippen LogP contribution in [0.15, 0.2) is 76.2 Å². The van der Waals surface area contributed by atoms with Crippen molar-refractivity contribution in [3.8, 4) is 17.4 Å². The minimum atomic E-state index is -3.40. The number of sulfone groups is 1. The molecular weight excluding hydrogens is 535 g/mol. The van der Waals surface area contributed by atoms with E-state index in [1.54, 1.807) is 60.7 Å². The van der Waals surface area contributed by atoms with Crippen LogP contribution >= 0.6 is 23.2 Å². The van der Waals surface area contributed by atoms with Gasteiger partial charge in [-0.25, -0.2) is 8.42 Å². The third kappa shape index (κ3) is 4.74. The van der Waals surface area contributed by atoms with E-state index >= 15 is 0 Å². The topological polar surface area (TPSA) is 108 Å². The number of hydrogen-bond donors (Lipinski definition) is 0. The van der Waals surface area contributed by atoms with Gasteiger partial charge in [0.15, 0.2) is 9.84 Å². The molecule has 0 spiro atoms. The van der Waals surface area contributed by atoms with E-state index in [1.165, 1.54) is 6.08 Å². The smallest absolute Gasteiger partial charge is 0.272 e. The number of hydrogen-bond acceptors (Lipinski definition) is 6. The fourth-order valence-electron chi connectivity index (χ4n) is 4.52. The van der Waals surface area contributed by atoms with Crippen LogP contribution in [-0.2, 0) is 19.4 Å². The average molecular weight is 553 g/mol. The molecule has 0 saturated carbocycles. The molecule has 2 aliphatic rings. The molecule has 1 saturated heterocycles. The van der Waals surface area contributed by atoms with Gasteiger partial charge in [-0.15, -0.1) is 0 Å². The van der Waals surface area contributed by atoms with Gasteiger partial charge in [-0.1, -0.05) is 53.5 Å². The van der Waals surface area contributed by atoms with Crippen LogP contribution < -0.4 is 0 Å². The number of halogens is 2. The van der Waals surface area contributed by atoms with Crippen molar-refractivity contribution in [1.82, 2.24) is 4.90 Å². The third-order valence-electron chi connectivity index (χ3n) is 6.27. The summed E-state index contributed by atoms with van der Waals surface area (Å²) in [4.78, 5) is 28.0. The number of imide groups is 1. The second-order valence-electron chi connectivity index (χ2n) is 8.65. The minimum absolute atomic E-state index is 0.0571. The Morgan fingerprint density at radius 2 is 1.73 bits per heavy atom. The number of nitriles is 1. The predicted octanol–water partition coefficient (Wildman–Crippen LogP) is 5.17. The molecule has 37 heavy (non-hydrogen) atoms. The molecule has 0 unspecified atom stereocenters. The van der Waals surface area contributed by atoms with Crippen molar-refractivity contribution in [1.29, 1.82) is 5.26 Å². The molecule has 2 aliphatic heterocycles. The highest BCUT2D eigenvalue weighted by Gasteiger charge is 2.45. The summed E-state index contributed by atoms with van der Waals surface area (Å²) in [6.45, 7) is 0. The zero-order valence-corrected chi connectivity index (χ0v) is 21.5. The van der Waals surface area contributed by atoms with Crippen LogP contribution in [0.1, 0.15) is 17.7 Å². The number of benzene rings is 2. The number of furan rings is 1. The molecular formula is C27H18Cl2N2O5S. The number of carbonyl (C=O) groups is 2. The van der Waals surface area contributed by atoms with Crippen LogP contribution in [0, 0.1) is 11.3 Å². The van der Waals surface area contributed by atoms with E-state index in [-0.39, 0.29) is 34.6 Å². The van der Waals surface area contributed by atoms with E-state index in [0.717, 1.165) is 4.90 Å². The summed E-state index contributed by atoms with van der Waals surface area (Å²) in [5, 5.41) is 10.7. The van der Waals surface area contributed by atoms with Crippen molar-refractivity contribution in [3.05, 3.63) is 93.2 Å². The molecule has 2 aromatic carbocycles. The van der Waals surface area contributed by atoms with E-state index in [0.29, 0.717) is 32.7 Å². The van der Waals surface area contributed by atoms with Gasteiger partial charge in [-0.05, 0) is 48.4 Å². The fourth-order valence-corrected chi connectivity index (χ4v) is 6.52. The lowest BCUT2D eigenvalue weighted by Gasteiger charge is -2.32. The molecule has 2 amide bonds. The Kier molecular flexibility index (Phi) is 6.54. The Morgan fingerprint density at radius 1 is 0.973 bits per heavy atom. The van der Waals surface area contributed by atoms with Gasteiger partial charge in [0, 0.05) is 11.1 Å². The number of amides is 2. The highest BCUT2D eigenvalue weighted by Crippen LogP contribution is 2.38. The molecule has 0 aliphatic carbocycles. The first-order valence-electron chi connectivity index (χ1n) is 11.2. The van der Waals surface area contributed by atoms with E-state index in [2.05, 4.69) is 0 Å². The molecule has 3 heterocycles. The maximum atomic E-state index is 13.8. The number of nitrogens with zero attached hydrogens (tertiary/aromatic N) is 2. The van der Waals surface area contributed by atoms with Crippen LogP contribution in [0.2, 0.25) is 10.0 Å². The summed E-state index contributed by atoms with van der Waals surface area (Å²) in [6.07, 6.45) is 1.58. The van der Waals surface area contributed by atoms with Crippen LogP contribution in [0.25, 0.3) is 23.0 Å². The van der Waals surface area contributed by atoms with Crippen molar-refractivity contribution in [2.75, 3.05) is 11.5 Å². The highest BCUT2D eigenvalue weighted by molar-refractivity contribution is 7.91. The van der Waals surface area contributed by atoms with Gasteiger partial charge in [0.1, 0.15) is 23.2 Å². The summed E-state index contributed by atoms with van der Waals surface area (Å²) < 4.78 is 30.2. The van der Waals surface area contributed by atoms with Crippen LogP contribution in [0.3, 0.4) is 0 Å². The van der Waals surface area contributed by atoms with Gasteiger partial charge in [0.2, 0.25) is 0 Å². The summed E-state index contributed by atoms with van der Waals surface area (Å²) in [5.41, 5.74) is 1.16. The molecule has 0 radical (unpaired) electrons. The van der Waals surface area contributed by atoms with Crippen molar-refractivity contribution in [3.63, 3.8) is 0 Å². The Bertz CT molecular complexity index is 1650. The van der Waals surface area contributed by atoms with Crippen molar-refractivity contribution < 1.29 is 22.4 Å². The first-order chi connectivity index (χ1) is 17.7. The Morgan fingerprint density at radius 3 is 2.38 bits per heavy atom. The molecule has 10 heteroatoms. The molecule has 7 nitrogen and oxygen atoms in total. The van der Waals surface area contributed by atoms with E-state index in [1.807, 2.05) is 6.07 Å². The normalized spacial score (nSPS) is 20.5. The summed E-state index contributed by atoms with van der Waals surface area (Å²) in [6, 6.07) is 18.1. The van der Waals surface area contributed by atoms with Crippen LogP contribution in [0.4, 0.5) is 0 Å². The second-order valence-corrected chi connectivity index (χ2v) is 11.7. The SMILES string of the molecule is N#CC1=C(c2ccccc2)/C(=C/c2ccc(-c3ccc(Cl)c(Cl)c3)o2)C(=O)N([C@H]2CCS(=O)(=O)C2)C1=O. The van der Waals surface area contributed by atoms with Crippen LogP contribution in [-0.4, -0.2) is 42.7 Å². The van der Waals surface area contributed by atoms with Crippen molar-refractivity contribution in [2.45, 2.75) is 12.5 Å². The quantitative estimate of drug-likeness (QED) is 0.326. The summed E-state index contributed by atoms with van der Waals surface area (Å²) in [5.74, 6) is -1.19. The fraction of sp³-hybridized carbons (Fsp3) is 0.148. The Hall–Kier alpha value is -3.64. The van der Waals surface area contributed by atoms with Crippen molar-refractivity contribution in [2.24, 2.45) is 0 Å². The van der Waals surface area contributed by atoms with Gasteiger partial charge in [-0.2, -0.15) is 5.26 Å². The molecule has 0 N–H and O–H groups in total. The van der Waals surface area contributed by atoms with E-state index in [9.17, 15) is 23.3 Å². The van der Waals surface area contributed by atoms with Gasteiger partial charge in [-0.3, -0.25) is 14.5 Å². The molecule has 1 atom stereocenters. The lowest BCUT2D eigenvalue weighted by molar-refractivity contribution is -0.142. The lowest BCUT2D eigenvalue weighted by atomic mass is 9.87. The summed E-state index contributed by atoms with van der Waals surface area (Å²) >= 11 is 12.1. The molecule has 3 aromatic rings. The summed E-state index contributed by atoms with van der Waals surface area (Å²) in [7, 11) is -3.40. The third-order valence-corrected chi connectivity index (χ3v) is 8.76. The van der Waals surface area contributed by atoms with E-state index < -0.39 is 27.7 Å². The Balaban J connectivity index is 1.65. The predicted molar refractivity (Wildman–Crippen MR) is 140 cm³/mol. The van der Waals surface area contributed by atoms with Gasteiger partial charge < -0.3 is 4.42 Å². The van der Waals surface area contributed by atoms with Crippen molar-refractivity contribution >= 4 is 56.5 Å². The first kappa shape index (κ1) is 25.0. The maximum absolute atomic E-state index is 13.8. The molecule has 1 fully saturated rings. The van der Waals surface area contributed by atoms with Gasteiger partial charge >= 0.3 is 0 Å². The average Bonchev–Trinajstić information content (AvgIpc) is 3.49. The molecule has 0 bridgehead atoms. The van der Waals surface area contributed by atoms with Crippen LogP contribution in [0.5, 0.6) is 0 Å². The number of carbonyl (C=O) groups excluding carboxylic acids is 2. The molecule has 186 valence electrons. The standard InChI is InChI=1S/C27H18Cl2N2O5S/c28-22-8-6-17(12-23(22)29)24-9-7-19(36-24)13-20-25(16-4-2-1-3-5-16)21(14-30)27(33)31(26(20)32)18-10-11-37(34,35)15-18/h1-9,12-13,18H,10-11,15H2/b20-13-/t18-/m0/s1. The lowest BCUT2D eigenvalue weighted by Crippen LogP contribution is -2.49. The van der Waals surface area contributed by atoms with E-state index in [4.69, 9.17) is 27.6 Å². The molecule has 1 aromatic heterocycles.